The molecule has 0 unspecified atom stereocenters. The van der Waals surface area contributed by atoms with Gasteiger partial charge in [-0.25, -0.2) is 0 Å². The highest BCUT2D eigenvalue weighted by molar-refractivity contribution is 6.01. The van der Waals surface area contributed by atoms with E-state index in [0.717, 1.165) is 24.2 Å². The van der Waals surface area contributed by atoms with Crippen LogP contribution in [-0.2, 0) is 9.47 Å². The lowest BCUT2D eigenvalue weighted by Gasteiger charge is -2.47. The van der Waals surface area contributed by atoms with E-state index in [2.05, 4.69) is 5.32 Å². The largest absolute Gasteiger partial charge is 0.384 e. The Hall–Kier alpha value is -2.17. The summed E-state index contributed by atoms with van der Waals surface area (Å²) < 4.78 is 11.1. The number of amides is 1. The lowest BCUT2D eigenvalue weighted by atomic mass is 9.67. The number of fused-ring (bicyclic) bond motifs is 1. The molecule has 4 heteroatoms. The van der Waals surface area contributed by atoms with E-state index in [1.54, 1.807) is 7.11 Å². The van der Waals surface area contributed by atoms with Crippen LogP contribution in [0.4, 0.5) is 0 Å². The Labute approximate surface area is 148 Å². The maximum absolute atomic E-state index is 13.0. The van der Waals surface area contributed by atoms with Gasteiger partial charge in [-0.15, -0.1) is 0 Å². The fourth-order valence-electron chi connectivity index (χ4n) is 4.21. The van der Waals surface area contributed by atoms with E-state index in [0.29, 0.717) is 18.1 Å². The smallest absolute Gasteiger partial charge is 0.252 e. The number of carbonyl (C=O) groups excluding carboxylic acids is 1. The Kier molecular flexibility index (Phi) is 4.55. The van der Waals surface area contributed by atoms with Gasteiger partial charge in [-0.1, -0.05) is 48.5 Å². The minimum Gasteiger partial charge on any atom is -0.384 e. The zero-order valence-corrected chi connectivity index (χ0v) is 14.4. The molecular weight excluding hydrogens is 314 g/mol. The first-order valence-corrected chi connectivity index (χ1v) is 8.85. The van der Waals surface area contributed by atoms with Crippen molar-refractivity contribution in [2.45, 2.75) is 18.6 Å². The molecule has 1 aliphatic carbocycles. The molecular formula is C21H23NO3. The van der Waals surface area contributed by atoms with E-state index in [9.17, 15) is 4.79 Å². The maximum atomic E-state index is 13.0. The Balaban J connectivity index is 1.56. The van der Waals surface area contributed by atoms with Gasteiger partial charge in [-0.2, -0.15) is 0 Å². The molecule has 0 bridgehead atoms. The van der Waals surface area contributed by atoms with E-state index < -0.39 is 0 Å². The van der Waals surface area contributed by atoms with Gasteiger partial charge in [0.25, 0.3) is 5.91 Å². The molecule has 1 saturated heterocycles. The number of hydrogen-bond acceptors (Lipinski definition) is 3. The molecule has 0 spiro atoms. The third kappa shape index (κ3) is 2.96. The number of methoxy groups -OCH3 is 1. The first-order chi connectivity index (χ1) is 12.3. The van der Waals surface area contributed by atoms with Crippen LogP contribution in [0.5, 0.6) is 0 Å². The fourth-order valence-corrected chi connectivity index (χ4v) is 4.21. The maximum Gasteiger partial charge on any atom is 0.252 e. The molecule has 1 N–H and O–H groups in total. The van der Waals surface area contributed by atoms with Gasteiger partial charge < -0.3 is 14.8 Å². The van der Waals surface area contributed by atoms with Gasteiger partial charge in [0.2, 0.25) is 0 Å². The summed E-state index contributed by atoms with van der Waals surface area (Å²) in [6, 6.07) is 17.9. The molecule has 2 aromatic carbocycles. The highest BCUT2D eigenvalue weighted by Crippen LogP contribution is 2.44. The van der Waals surface area contributed by atoms with Crippen LogP contribution in [0.25, 0.3) is 11.1 Å². The second kappa shape index (κ2) is 6.98. The average Bonchev–Trinajstić information content (AvgIpc) is 3.09. The second-order valence-electron chi connectivity index (χ2n) is 6.82. The van der Waals surface area contributed by atoms with Gasteiger partial charge in [-0.05, 0) is 23.6 Å². The lowest BCUT2D eigenvalue weighted by Crippen LogP contribution is -2.62. The Morgan fingerprint density at radius 3 is 2.72 bits per heavy atom. The highest BCUT2D eigenvalue weighted by Gasteiger charge is 2.54. The summed E-state index contributed by atoms with van der Waals surface area (Å²) >= 11 is 0. The number of hydrogen-bond donors (Lipinski definition) is 1. The average molecular weight is 337 g/mol. The zero-order chi connectivity index (χ0) is 17.2. The van der Waals surface area contributed by atoms with Crippen LogP contribution in [0.2, 0.25) is 0 Å². The molecule has 25 heavy (non-hydrogen) atoms. The van der Waals surface area contributed by atoms with Crippen molar-refractivity contribution in [2.75, 3.05) is 20.3 Å². The van der Waals surface area contributed by atoms with Gasteiger partial charge in [0, 0.05) is 37.2 Å². The molecule has 1 aliphatic heterocycles. The number of ether oxygens (including phenoxy) is 2. The van der Waals surface area contributed by atoms with Crippen molar-refractivity contribution in [1.82, 2.24) is 5.32 Å². The molecule has 4 rings (SSSR count). The first kappa shape index (κ1) is 16.3. The Bertz CT molecular complexity index is 746. The number of carbonyl (C=O) groups is 1. The van der Waals surface area contributed by atoms with Crippen LogP contribution in [0.1, 0.15) is 16.8 Å². The molecule has 4 atom stereocenters. The Morgan fingerprint density at radius 1 is 1.16 bits per heavy atom. The van der Waals surface area contributed by atoms with Gasteiger partial charge in [-0.3, -0.25) is 4.79 Å². The van der Waals surface area contributed by atoms with Crippen LogP contribution < -0.4 is 5.32 Å². The Morgan fingerprint density at radius 2 is 1.92 bits per heavy atom. The number of rotatable bonds is 5. The molecule has 1 amide bonds. The van der Waals surface area contributed by atoms with Crippen molar-refractivity contribution in [3.05, 3.63) is 60.2 Å². The molecule has 130 valence electrons. The quantitative estimate of drug-likeness (QED) is 0.912. The summed E-state index contributed by atoms with van der Waals surface area (Å²) in [7, 11) is 1.70. The minimum absolute atomic E-state index is 0.0177. The lowest BCUT2D eigenvalue weighted by molar-refractivity contribution is -0.0809. The predicted octanol–water partition coefficient (Wildman–Crippen LogP) is 3.13. The fraction of sp³-hybridized carbons (Fsp3) is 0.381. The first-order valence-electron chi connectivity index (χ1n) is 8.85. The van der Waals surface area contributed by atoms with Crippen molar-refractivity contribution >= 4 is 5.91 Å². The van der Waals surface area contributed by atoms with Crippen LogP contribution in [0.15, 0.2) is 54.6 Å². The third-order valence-corrected chi connectivity index (χ3v) is 5.44. The van der Waals surface area contributed by atoms with E-state index in [-0.39, 0.29) is 24.0 Å². The topological polar surface area (TPSA) is 47.6 Å². The second-order valence-corrected chi connectivity index (χ2v) is 6.82. The summed E-state index contributed by atoms with van der Waals surface area (Å²) in [5.41, 5.74) is 2.73. The zero-order valence-electron chi connectivity index (χ0n) is 14.4. The molecule has 2 aromatic rings. The van der Waals surface area contributed by atoms with E-state index in [4.69, 9.17) is 9.47 Å². The van der Waals surface area contributed by atoms with Crippen molar-refractivity contribution < 1.29 is 14.3 Å². The molecule has 4 nitrogen and oxygen atoms in total. The number of nitrogens with one attached hydrogen (secondary N) is 1. The summed E-state index contributed by atoms with van der Waals surface area (Å²) in [6.07, 6.45) is 1.24. The van der Waals surface area contributed by atoms with Crippen LogP contribution in [0.3, 0.4) is 0 Å². The van der Waals surface area contributed by atoms with E-state index in [1.165, 1.54) is 0 Å². The molecule has 2 aliphatic rings. The molecule has 0 radical (unpaired) electrons. The third-order valence-electron chi connectivity index (χ3n) is 5.44. The van der Waals surface area contributed by atoms with Crippen LogP contribution in [0, 0.1) is 11.8 Å². The normalized spacial score (nSPS) is 27.4. The minimum atomic E-state index is -0.0177. The van der Waals surface area contributed by atoms with E-state index >= 15 is 0 Å². The molecule has 2 fully saturated rings. The summed E-state index contributed by atoms with van der Waals surface area (Å²) in [4.78, 5) is 13.0. The van der Waals surface area contributed by atoms with Crippen LogP contribution in [-0.4, -0.2) is 38.4 Å². The van der Waals surface area contributed by atoms with Gasteiger partial charge in [0.1, 0.15) is 0 Å². The summed E-state index contributed by atoms with van der Waals surface area (Å²) in [5.74, 6) is 0.634. The SMILES string of the molecule is COC[C@@H]1[C@H](NC(=O)c2ccccc2-c2ccccc2)[C@H]2CCO[C@H]21. The summed E-state index contributed by atoms with van der Waals surface area (Å²) in [6.45, 7) is 1.40. The van der Waals surface area contributed by atoms with Crippen molar-refractivity contribution in [2.24, 2.45) is 11.8 Å². The molecule has 0 aromatic heterocycles. The monoisotopic (exact) mass is 337 g/mol. The van der Waals surface area contributed by atoms with Crippen molar-refractivity contribution in [1.29, 1.82) is 0 Å². The van der Waals surface area contributed by atoms with Gasteiger partial charge >= 0.3 is 0 Å². The highest BCUT2D eigenvalue weighted by atomic mass is 16.5. The van der Waals surface area contributed by atoms with Crippen molar-refractivity contribution in [3.63, 3.8) is 0 Å². The molecule has 1 heterocycles. The van der Waals surface area contributed by atoms with E-state index in [1.807, 2.05) is 54.6 Å². The van der Waals surface area contributed by atoms with Gasteiger partial charge in [0.15, 0.2) is 0 Å². The van der Waals surface area contributed by atoms with Crippen LogP contribution >= 0.6 is 0 Å². The summed E-state index contributed by atoms with van der Waals surface area (Å²) in [5, 5.41) is 3.25. The standard InChI is InChI=1S/C21H23NO3/c1-24-13-18-19(17-11-12-25-20(17)18)22-21(23)16-10-6-5-9-15(16)14-7-3-2-4-8-14/h2-10,17-20H,11-13H2,1H3,(H,22,23)/t17-,18-,19-,20-/m1/s1. The van der Waals surface area contributed by atoms with Crippen molar-refractivity contribution in [3.8, 4) is 11.1 Å². The molecule has 1 saturated carbocycles. The number of benzene rings is 2. The predicted molar refractivity (Wildman–Crippen MR) is 96.3 cm³/mol. The van der Waals surface area contributed by atoms with Gasteiger partial charge in [0.05, 0.1) is 12.7 Å².